The summed E-state index contributed by atoms with van der Waals surface area (Å²) in [5.41, 5.74) is 1.32. The Morgan fingerprint density at radius 1 is 1.10 bits per heavy atom. The van der Waals surface area contributed by atoms with E-state index in [2.05, 4.69) is 13.0 Å². The number of ketones is 2. The van der Waals surface area contributed by atoms with Crippen LogP contribution in [0.3, 0.4) is 0 Å². The van der Waals surface area contributed by atoms with E-state index >= 15 is 0 Å². The molecule has 0 aromatic heterocycles. The summed E-state index contributed by atoms with van der Waals surface area (Å²) in [6, 6.07) is 0. The van der Waals surface area contributed by atoms with Crippen LogP contribution in [0.2, 0.25) is 0 Å². The molecule has 5 atom stereocenters. The summed E-state index contributed by atoms with van der Waals surface area (Å²) in [4.78, 5) is 23.8. The Kier molecular flexibility index (Phi) is 2.61. The van der Waals surface area contributed by atoms with E-state index in [0.29, 0.717) is 29.5 Å². The average Bonchev–Trinajstić information content (AvgIpc) is 2.74. The van der Waals surface area contributed by atoms with Crippen molar-refractivity contribution in [3.05, 3.63) is 23.8 Å². The molecule has 4 aliphatic rings. The molecule has 3 saturated carbocycles. The molecule has 0 aliphatic heterocycles. The van der Waals surface area contributed by atoms with Gasteiger partial charge in [-0.05, 0) is 62.0 Å². The maximum absolute atomic E-state index is 12.3. The smallest absolute Gasteiger partial charge is 0.178 e. The van der Waals surface area contributed by atoms with Gasteiger partial charge in [-0.2, -0.15) is 0 Å². The van der Waals surface area contributed by atoms with Crippen LogP contribution < -0.4 is 0 Å². The molecule has 0 saturated heterocycles. The van der Waals surface area contributed by atoms with Crippen LogP contribution in [0.15, 0.2) is 23.8 Å². The van der Waals surface area contributed by atoms with Gasteiger partial charge < -0.3 is 0 Å². The van der Waals surface area contributed by atoms with Crippen LogP contribution in [0.4, 0.5) is 0 Å². The average molecular weight is 270 g/mol. The van der Waals surface area contributed by atoms with Gasteiger partial charge >= 0.3 is 0 Å². The molecule has 3 fully saturated rings. The number of allylic oxidation sites excluding steroid dienone is 4. The first kappa shape index (κ1) is 12.6. The SMILES string of the molecule is C[C@]12CC[C@H]3[C@@H](CCC4=CC(=O)C=C[C@@H]43)[C@@H]1CCC2=O. The standard InChI is InChI=1S/C18H22O2/c1-18-9-8-14-13-5-3-12(19)10-11(13)2-4-15(14)16(18)6-7-17(18)20/h3,5,10,13-16H,2,4,6-9H2,1H3/t13-,14+,15+,16-,18-/m0/s1. The summed E-state index contributed by atoms with van der Waals surface area (Å²) < 4.78 is 0. The highest BCUT2D eigenvalue weighted by Crippen LogP contribution is 2.59. The Hall–Kier alpha value is -1.18. The topological polar surface area (TPSA) is 34.1 Å². The van der Waals surface area contributed by atoms with Crippen molar-refractivity contribution in [2.24, 2.45) is 29.1 Å². The van der Waals surface area contributed by atoms with E-state index < -0.39 is 0 Å². The highest BCUT2D eigenvalue weighted by atomic mass is 16.1. The fourth-order valence-electron chi connectivity index (χ4n) is 5.59. The summed E-state index contributed by atoms with van der Waals surface area (Å²) in [6.45, 7) is 2.22. The zero-order valence-electron chi connectivity index (χ0n) is 12.1. The molecule has 0 N–H and O–H groups in total. The van der Waals surface area contributed by atoms with Gasteiger partial charge in [0.15, 0.2) is 5.78 Å². The van der Waals surface area contributed by atoms with Gasteiger partial charge in [-0.25, -0.2) is 0 Å². The quantitative estimate of drug-likeness (QED) is 0.675. The third-order valence-corrected chi connectivity index (χ3v) is 6.65. The maximum Gasteiger partial charge on any atom is 0.178 e. The van der Waals surface area contributed by atoms with E-state index in [1.807, 2.05) is 6.08 Å². The summed E-state index contributed by atoms with van der Waals surface area (Å²) in [5, 5.41) is 0. The predicted molar refractivity (Wildman–Crippen MR) is 77.0 cm³/mol. The van der Waals surface area contributed by atoms with Crippen molar-refractivity contribution in [1.82, 2.24) is 0 Å². The van der Waals surface area contributed by atoms with Crippen LogP contribution in [-0.4, -0.2) is 11.6 Å². The molecule has 4 aliphatic carbocycles. The molecule has 0 aromatic rings. The molecule has 2 nitrogen and oxygen atoms in total. The van der Waals surface area contributed by atoms with Crippen LogP contribution in [0.5, 0.6) is 0 Å². The number of carbonyl (C=O) groups is 2. The van der Waals surface area contributed by atoms with Gasteiger partial charge in [0, 0.05) is 17.8 Å². The minimum absolute atomic E-state index is 0.0312. The van der Waals surface area contributed by atoms with E-state index in [1.54, 1.807) is 6.08 Å². The highest BCUT2D eigenvalue weighted by molar-refractivity contribution is 6.00. The van der Waals surface area contributed by atoms with Crippen molar-refractivity contribution >= 4 is 11.6 Å². The van der Waals surface area contributed by atoms with Gasteiger partial charge in [-0.15, -0.1) is 0 Å². The maximum atomic E-state index is 12.3. The third-order valence-electron chi connectivity index (χ3n) is 6.65. The van der Waals surface area contributed by atoms with Gasteiger partial charge in [-0.1, -0.05) is 18.6 Å². The molecular formula is C18H22O2. The first-order chi connectivity index (χ1) is 9.59. The van der Waals surface area contributed by atoms with Crippen molar-refractivity contribution in [2.45, 2.75) is 45.4 Å². The van der Waals surface area contributed by atoms with Crippen LogP contribution in [0, 0.1) is 29.1 Å². The first-order valence-electron chi connectivity index (χ1n) is 8.05. The second-order valence-corrected chi connectivity index (χ2v) is 7.40. The van der Waals surface area contributed by atoms with Gasteiger partial charge in [0.1, 0.15) is 5.78 Å². The van der Waals surface area contributed by atoms with E-state index in [1.165, 1.54) is 12.0 Å². The molecule has 0 radical (unpaired) electrons. The van der Waals surface area contributed by atoms with Crippen molar-refractivity contribution in [3.8, 4) is 0 Å². The van der Waals surface area contributed by atoms with Crippen LogP contribution in [-0.2, 0) is 9.59 Å². The summed E-state index contributed by atoms with van der Waals surface area (Å²) in [5.74, 6) is 3.11. The van der Waals surface area contributed by atoms with Crippen LogP contribution in [0.1, 0.15) is 45.4 Å². The fourth-order valence-corrected chi connectivity index (χ4v) is 5.59. The predicted octanol–water partition coefficient (Wildman–Crippen LogP) is 3.47. The van der Waals surface area contributed by atoms with Gasteiger partial charge in [0.25, 0.3) is 0 Å². The second-order valence-electron chi connectivity index (χ2n) is 7.40. The molecule has 0 heterocycles. The Bertz CT molecular complexity index is 542. The van der Waals surface area contributed by atoms with E-state index in [0.717, 1.165) is 32.1 Å². The summed E-state index contributed by atoms with van der Waals surface area (Å²) in [7, 11) is 0. The Morgan fingerprint density at radius 2 is 1.95 bits per heavy atom. The first-order valence-corrected chi connectivity index (χ1v) is 8.05. The second kappa shape index (κ2) is 4.16. The van der Waals surface area contributed by atoms with E-state index in [4.69, 9.17) is 0 Å². The lowest BCUT2D eigenvalue weighted by atomic mass is 9.53. The molecule has 0 spiro atoms. The number of Topliss-reactive ketones (excluding diaryl/α,β-unsaturated/α-hetero) is 1. The van der Waals surface area contributed by atoms with Crippen molar-refractivity contribution < 1.29 is 9.59 Å². The molecule has 0 amide bonds. The van der Waals surface area contributed by atoms with Gasteiger partial charge in [0.2, 0.25) is 0 Å². The number of hydrogen-bond acceptors (Lipinski definition) is 2. The molecule has 0 aromatic carbocycles. The Balaban J connectivity index is 1.66. The zero-order valence-corrected chi connectivity index (χ0v) is 12.1. The molecular weight excluding hydrogens is 248 g/mol. The van der Waals surface area contributed by atoms with Crippen molar-refractivity contribution in [2.75, 3.05) is 0 Å². The number of fused-ring (bicyclic) bond motifs is 5. The van der Waals surface area contributed by atoms with Crippen molar-refractivity contribution in [3.63, 3.8) is 0 Å². The lowest BCUT2D eigenvalue weighted by Crippen LogP contribution is -2.46. The summed E-state index contributed by atoms with van der Waals surface area (Å²) >= 11 is 0. The fraction of sp³-hybridized carbons (Fsp3) is 0.667. The number of carbonyl (C=O) groups excluding carboxylic acids is 2. The lowest BCUT2D eigenvalue weighted by Gasteiger charge is -2.51. The van der Waals surface area contributed by atoms with Crippen LogP contribution >= 0.6 is 0 Å². The minimum Gasteiger partial charge on any atom is -0.299 e. The molecule has 0 bridgehead atoms. The van der Waals surface area contributed by atoms with Crippen LogP contribution in [0.25, 0.3) is 0 Å². The van der Waals surface area contributed by atoms with Gasteiger partial charge in [0.05, 0.1) is 0 Å². The lowest BCUT2D eigenvalue weighted by molar-refractivity contribution is -0.130. The molecule has 20 heavy (non-hydrogen) atoms. The Morgan fingerprint density at radius 3 is 2.80 bits per heavy atom. The number of hydrogen-bond donors (Lipinski definition) is 0. The van der Waals surface area contributed by atoms with E-state index in [-0.39, 0.29) is 11.2 Å². The third kappa shape index (κ3) is 1.57. The monoisotopic (exact) mass is 270 g/mol. The molecule has 4 rings (SSSR count). The van der Waals surface area contributed by atoms with Crippen molar-refractivity contribution in [1.29, 1.82) is 0 Å². The zero-order chi connectivity index (χ0) is 13.9. The largest absolute Gasteiger partial charge is 0.299 e. The summed E-state index contributed by atoms with van der Waals surface area (Å²) in [6.07, 6.45) is 12.1. The van der Waals surface area contributed by atoms with E-state index in [9.17, 15) is 9.59 Å². The Labute approximate surface area is 120 Å². The minimum atomic E-state index is -0.0312. The molecule has 2 heteroatoms. The highest BCUT2D eigenvalue weighted by Gasteiger charge is 2.55. The normalized spacial score (nSPS) is 46.5. The number of rotatable bonds is 0. The molecule has 106 valence electrons. The molecule has 0 unspecified atom stereocenters. The van der Waals surface area contributed by atoms with Gasteiger partial charge in [-0.3, -0.25) is 9.59 Å².